The quantitative estimate of drug-likeness (QED) is 0.524. The molecule has 1 aromatic heterocycles. The van der Waals surface area contributed by atoms with E-state index in [1.165, 1.54) is 0 Å². The molecule has 1 saturated heterocycles. The van der Waals surface area contributed by atoms with Gasteiger partial charge in [-0.25, -0.2) is 0 Å². The monoisotopic (exact) mass is 509 g/mol. The van der Waals surface area contributed by atoms with E-state index in [2.05, 4.69) is 25.7 Å². The highest BCUT2D eigenvalue weighted by Gasteiger charge is 2.22. The minimum Gasteiger partial charge on any atom is -0.348 e. The summed E-state index contributed by atoms with van der Waals surface area (Å²) < 4.78 is 1.68. The lowest BCUT2D eigenvalue weighted by molar-refractivity contribution is -0.130. The molecule has 1 atom stereocenters. The van der Waals surface area contributed by atoms with Gasteiger partial charge in [-0.3, -0.25) is 14.5 Å². The van der Waals surface area contributed by atoms with Crippen LogP contribution in [-0.4, -0.2) is 80.6 Å². The fourth-order valence-corrected chi connectivity index (χ4v) is 4.52. The van der Waals surface area contributed by atoms with Crippen molar-refractivity contribution >= 4 is 23.4 Å². The second-order valence-corrected chi connectivity index (χ2v) is 10.00. The zero-order chi connectivity index (χ0) is 25.8. The first-order valence-electron chi connectivity index (χ1n) is 12.2. The van der Waals surface area contributed by atoms with E-state index in [4.69, 9.17) is 11.6 Å². The van der Waals surface area contributed by atoms with Gasteiger partial charge in [-0.2, -0.15) is 4.68 Å². The molecule has 0 spiro atoms. The van der Waals surface area contributed by atoms with Crippen molar-refractivity contribution in [3.63, 3.8) is 0 Å². The molecule has 4 rings (SSSR count). The highest BCUT2D eigenvalue weighted by Crippen LogP contribution is 2.27. The van der Waals surface area contributed by atoms with Gasteiger partial charge in [-0.1, -0.05) is 37.6 Å². The maximum Gasteiger partial charge on any atom is 0.251 e. The van der Waals surface area contributed by atoms with Crippen molar-refractivity contribution in [1.82, 2.24) is 35.3 Å². The summed E-state index contributed by atoms with van der Waals surface area (Å²) in [7, 11) is 0. The summed E-state index contributed by atoms with van der Waals surface area (Å²) in [5.74, 6) is 0.768. The number of carbonyl (C=O) groups is 2. The molecule has 1 N–H and O–H groups in total. The van der Waals surface area contributed by atoms with Gasteiger partial charge in [0.15, 0.2) is 5.82 Å². The van der Waals surface area contributed by atoms with Crippen molar-refractivity contribution in [2.24, 2.45) is 0 Å². The maximum atomic E-state index is 13.4. The van der Waals surface area contributed by atoms with Crippen LogP contribution in [0.5, 0.6) is 0 Å². The number of halogens is 1. The molecule has 9 nitrogen and oxygen atoms in total. The van der Waals surface area contributed by atoms with Gasteiger partial charge in [0, 0.05) is 62.2 Å². The molecule has 1 aliphatic rings. The molecular formula is C26H32ClN7O2. The van der Waals surface area contributed by atoms with Crippen molar-refractivity contribution in [1.29, 1.82) is 0 Å². The smallest absolute Gasteiger partial charge is 0.251 e. The van der Waals surface area contributed by atoms with Crippen LogP contribution in [0.4, 0.5) is 0 Å². The molecule has 1 fully saturated rings. The van der Waals surface area contributed by atoms with Crippen molar-refractivity contribution in [2.75, 3.05) is 32.7 Å². The molecule has 2 aromatic carbocycles. The van der Waals surface area contributed by atoms with E-state index in [-0.39, 0.29) is 23.8 Å². The van der Waals surface area contributed by atoms with Crippen LogP contribution in [0.25, 0.3) is 16.8 Å². The minimum atomic E-state index is -0.166. The third-order valence-electron chi connectivity index (χ3n) is 6.34. The first-order chi connectivity index (χ1) is 17.2. The van der Waals surface area contributed by atoms with Gasteiger partial charge in [0.25, 0.3) is 5.91 Å². The number of benzene rings is 2. The van der Waals surface area contributed by atoms with Crippen LogP contribution in [0.15, 0.2) is 42.5 Å². The summed E-state index contributed by atoms with van der Waals surface area (Å²) in [6.45, 7) is 11.4. The van der Waals surface area contributed by atoms with E-state index in [1.807, 2.05) is 68.1 Å². The van der Waals surface area contributed by atoms with Gasteiger partial charge < -0.3 is 10.2 Å². The van der Waals surface area contributed by atoms with Gasteiger partial charge >= 0.3 is 0 Å². The number of hydrogen-bond donors (Lipinski definition) is 1. The van der Waals surface area contributed by atoms with E-state index in [0.29, 0.717) is 41.7 Å². The van der Waals surface area contributed by atoms with Crippen LogP contribution in [-0.2, 0) is 4.79 Å². The molecule has 36 heavy (non-hydrogen) atoms. The van der Waals surface area contributed by atoms with E-state index >= 15 is 0 Å². The third kappa shape index (κ3) is 6.09. The fraction of sp³-hybridized carbons (Fsp3) is 0.423. The van der Waals surface area contributed by atoms with Crippen molar-refractivity contribution < 1.29 is 9.59 Å². The predicted molar refractivity (Wildman–Crippen MR) is 139 cm³/mol. The molecule has 0 bridgehead atoms. The lowest BCUT2D eigenvalue weighted by Crippen LogP contribution is -2.51. The lowest BCUT2D eigenvalue weighted by atomic mass is 10.0. The zero-order valence-electron chi connectivity index (χ0n) is 21.1. The van der Waals surface area contributed by atoms with Crippen LogP contribution in [0.2, 0.25) is 5.02 Å². The summed E-state index contributed by atoms with van der Waals surface area (Å²) in [6, 6.07) is 13.1. The standard InChI is InChI=1S/C26H32ClN7O2/c1-17(2)25-29-30-31-34(25)24-14-21(20-5-7-23(27)8-6-20)13-22(15-24)26(36)28-18(3)16-32-9-11-33(12-10-32)19(4)35/h5-8,13-15,17-18H,9-12,16H2,1-4H3,(H,28,36). The lowest BCUT2D eigenvalue weighted by Gasteiger charge is -2.35. The number of tetrazole rings is 1. The number of amides is 2. The number of rotatable bonds is 7. The Morgan fingerprint density at radius 3 is 2.33 bits per heavy atom. The van der Waals surface area contributed by atoms with Crippen LogP contribution in [0.1, 0.15) is 49.8 Å². The van der Waals surface area contributed by atoms with Crippen molar-refractivity contribution in [3.8, 4) is 16.8 Å². The molecule has 0 saturated carbocycles. The molecule has 1 unspecified atom stereocenters. The second kappa shape index (κ2) is 11.2. The van der Waals surface area contributed by atoms with Gasteiger partial charge in [-0.15, -0.1) is 5.10 Å². The molecule has 2 amide bonds. The van der Waals surface area contributed by atoms with E-state index in [1.54, 1.807) is 11.6 Å². The van der Waals surface area contributed by atoms with E-state index < -0.39 is 0 Å². The Kier molecular flexibility index (Phi) is 8.01. The summed E-state index contributed by atoms with van der Waals surface area (Å²) >= 11 is 6.09. The Balaban J connectivity index is 1.56. The Morgan fingerprint density at radius 1 is 1.00 bits per heavy atom. The first kappa shape index (κ1) is 25.8. The van der Waals surface area contributed by atoms with E-state index in [0.717, 1.165) is 24.2 Å². The number of aromatic nitrogens is 4. The Hall–Kier alpha value is -3.30. The Morgan fingerprint density at radius 2 is 1.69 bits per heavy atom. The van der Waals surface area contributed by atoms with Crippen LogP contribution < -0.4 is 5.32 Å². The Bertz CT molecular complexity index is 1220. The second-order valence-electron chi connectivity index (χ2n) is 9.56. The van der Waals surface area contributed by atoms with Crippen LogP contribution >= 0.6 is 11.6 Å². The average Bonchev–Trinajstić information content (AvgIpc) is 3.35. The van der Waals surface area contributed by atoms with Gasteiger partial charge in [-0.05, 0) is 58.8 Å². The molecule has 3 aromatic rings. The largest absolute Gasteiger partial charge is 0.348 e. The predicted octanol–water partition coefficient (Wildman–Crippen LogP) is 3.39. The SMILES string of the molecule is CC(=O)N1CCN(CC(C)NC(=O)c2cc(-c3ccc(Cl)cc3)cc(-n3nnnc3C(C)C)c2)CC1. The number of hydrogen-bond acceptors (Lipinski definition) is 6. The van der Waals surface area contributed by atoms with Gasteiger partial charge in [0.1, 0.15) is 0 Å². The summed E-state index contributed by atoms with van der Waals surface area (Å²) in [5.41, 5.74) is 3.05. The summed E-state index contributed by atoms with van der Waals surface area (Å²) in [4.78, 5) is 29.1. The number of carbonyl (C=O) groups excluding carboxylic acids is 2. The summed E-state index contributed by atoms with van der Waals surface area (Å²) in [5, 5.41) is 16.0. The molecule has 1 aliphatic heterocycles. The van der Waals surface area contributed by atoms with Crippen molar-refractivity contribution in [2.45, 2.75) is 39.7 Å². The van der Waals surface area contributed by atoms with Crippen molar-refractivity contribution in [3.05, 3.63) is 58.9 Å². The molecule has 190 valence electrons. The molecule has 10 heteroatoms. The summed E-state index contributed by atoms with van der Waals surface area (Å²) in [6.07, 6.45) is 0. The fourth-order valence-electron chi connectivity index (χ4n) is 4.40. The number of nitrogens with zero attached hydrogens (tertiary/aromatic N) is 6. The maximum absolute atomic E-state index is 13.4. The zero-order valence-corrected chi connectivity index (χ0v) is 21.9. The van der Waals surface area contributed by atoms with Crippen LogP contribution in [0, 0.1) is 0 Å². The molecule has 0 radical (unpaired) electrons. The van der Waals surface area contributed by atoms with Crippen LogP contribution in [0.3, 0.4) is 0 Å². The molecule has 2 heterocycles. The average molecular weight is 510 g/mol. The first-order valence-corrected chi connectivity index (χ1v) is 12.6. The Labute approximate surface area is 216 Å². The van der Waals surface area contributed by atoms with Gasteiger partial charge in [0.2, 0.25) is 5.91 Å². The van der Waals surface area contributed by atoms with Gasteiger partial charge in [0.05, 0.1) is 5.69 Å². The minimum absolute atomic E-state index is 0.0664. The number of piperazine rings is 1. The molecular weight excluding hydrogens is 478 g/mol. The highest BCUT2D eigenvalue weighted by atomic mass is 35.5. The number of nitrogens with one attached hydrogen (secondary N) is 1. The van der Waals surface area contributed by atoms with E-state index in [9.17, 15) is 9.59 Å². The highest BCUT2D eigenvalue weighted by molar-refractivity contribution is 6.30. The molecule has 0 aliphatic carbocycles. The normalized spacial score (nSPS) is 15.2. The third-order valence-corrected chi connectivity index (χ3v) is 6.59. The topological polar surface area (TPSA) is 96.2 Å².